The molecule has 2 aromatic heterocycles. The average molecular weight is 423 g/mol. The Hall–Kier alpha value is -2.97. The van der Waals surface area contributed by atoms with E-state index in [0.29, 0.717) is 13.2 Å². The first-order valence-electron chi connectivity index (χ1n) is 10.6. The second-order valence-corrected chi connectivity index (χ2v) is 7.98. The number of hydrogen-bond donors (Lipinski definition) is 0. The molecule has 0 saturated carbocycles. The third-order valence-corrected chi connectivity index (χ3v) is 5.34. The normalized spacial score (nSPS) is 16.9. The molecule has 0 unspecified atom stereocenters. The molecule has 1 fully saturated rings. The fourth-order valence-corrected chi connectivity index (χ4v) is 3.66. The van der Waals surface area contributed by atoms with Crippen LogP contribution in [0.15, 0.2) is 48.8 Å². The highest BCUT2D eigenvalue weighted by atomic mass is 16.5. The van der Waals surface area contributed by atoms with Crippen LogP contribution in [0.5, 0.6) is 5.75 Å². The topological polar surface area (TPSA) is 68.5 Å². The predicted octanol–water partition coefficient (Wildman–Crippen LogP) is 2.47. The van der Waals surface area contributed by atoms with Crippen molar-refractivity contribution < 1.29 is 9.47 Å². The van der Waals surface area contributed by atoms with Gasteiger partial charge in [-0.05, 0) is 18.2 Å². The number of nitrogens with zero attached hydrogens (tertiary/aromatic N) is 6. The first kappa shape index (κ1) is 21.3. The third kappa shape index (κ3) is 5.59. The van der Waals surface area contributed by atoms with Crippen LogP contribution in [-0.2, 0) is 24.8 Å². The average Bonchev–Trinajstić information content (AvgIpc) is 3.16. The van der Waals surface area contributed by atoms with Gasteiger partial charge < -0.3 is 14.4 Å². The number of para-hydroxylation sites is 1. The molecule has 8 heteroatoms. The highest BCUT2D eigenvalue weighted by Gasteiger charge is 2.25. The SMILES string of the molecule is CN(C)c1ncc(CN2CCO[C@H](c3cc(CCOc4ccccc4)n(C)n3)C2)cn1. The Morgan fingerprint density at radius 2 is 1.94 bits per heavy atom. The minimum absolute atomic E-state index is 0.0364. The number of anilines is 1. The summed E-state index contributed by atoms with van der Waals surface area (Å²) in [4.78, 5) is 13.1. The number of benzene rings is 1. The predicted molar refractivity (Wildman–Crippen MR) is 119 cm³/mol. The van der Waals surface area contributed by atoms with E-state index in [-0.39, 0.29) is 6.10 Å². The summed E-state index contributed by atoms with van der Waals surface area (Å²) in [6, 6.07) is 12.0. The molecule has 1 aliphatic heterocycles. The highest BCUT2D eigenvalue weighted by molar-refractivity contribution is 5.26. The van der Waals surface area contributed by atoms with E-state index in [1.165, 1.54) is 0 Å². The standard InChI is InChI=1S/C23H30N6O2/c1-27(2)23-24-14-18(15-25-23)16-29-10-12-31-22(17-29)21-13-19(28(3)26-21)9-11-30-20-7-5-4-6-8-20/h4-8,13-15,22H,9-12,16-17H2,1-3H3/t22-/m0/s1. The van der Waals surface area contributed by atoms with Crippen molar-refractivity contribution in [1.29, 1.82) is 0 Å². The van der Waals surface area contributed by atoms with Crippen LogP contribution in [-0.4, -0.2) is 65.0 Å². The van der Waals surface area contributed by atoms with E-state index in [4.69, 9.17) is 14.6 Å². The van der Waals surface area contributed by atoms with E-state index >= 15 is 0 Å². The van der Waals surface area contributed by atoms with Crippen LogP contribution in [0, 0.1) is 0 Å². The maximum absolute atomic E-state index is 6.04. The van der Waals surface area contributed by atoms with Gasteiger partial charge in [0.1, 0.15) is 11.9 Å². The lowest BCUT2D eigenvalue weighted by Gasteiger charge is -2.32. The maximum Gasteiger partial charge on any atom is 0.224 e. The Morgan fingerprint density at radius 3 is 2.68 bits per heavy atom. The molecule has 1 aliphatic rings. The van der Waals surface area contributed by atoms with Crippen molar-refractivity contribution in [2.45, 2.75) is 19.1 Å². The molecule has 1 aromatic carbocycles. The van der Waals surface area contributed by atoms with Crippen molar-refractivity contribution in [3.05, 3.63) is 65.7 Å². The molecular formula is C23H30N6O2. The van der Waals surface area contributed by atoms with Gasteiger partial charge in [0.25, 0.3) is 0 Å². The summed E-state index contributed by atoms with van der Waals surface area (Å²) in [7, 11) is 5.86. The minimum Gasteiger partial charge on any atom is -0.493 e. The zero-order valence-electron chi connectivity index (χ0n) is 18.4. The van der Waals surface area contributed by atoms with Crippen molar-refractivity contribution in [1.82, 2.24) is 24.6 Å². The van der Waals surface area contributed by atoms with Gasteiger partial charge in [0.05, 0.1) is 18.9 Å². The van der Waals surface area contributed by atoms with Gasteiger partial charge in [-0.2, -0.15) is 5.10 Å². The summed E-state index contributed by atoms with van der Waals surface area (Å²) in [5, 5.41) is 4.71. The lowest BCUT2D eigenvalue weighted by molar-refractivity contribution is -0.0352. The van der Waals surface area contributed by atoms with Gasteiger partial charge in [-0.3, -0.25) is 9.58 Å². The molecule has 0 aliphatic carbocycles. The van der Waals surface area contributed by atoms with Crippen LogP contribution in [0.4, 0.5) is 5.95 Å². The monoisotopic (exact) mass is 422 g/mol. The van der Waals surface area contributed by atoms with Crippen molar-refractivity contribution in [3.63, 3.8) is 0 Å². The molecule has 0 spiro atoms. The fourth-order valence-electron chi connectivity index (χ4n) is 3.66. The Kier molecular flexibility index (Phi) is 6.79. The number of rotatable bonds is 8. The van der Waals surface area contributed by atoms with Crippen LogP contribution < -0.4 is 9.64 Å². The zero-order chi connectivity index (χ0) is 21.6. The van der Waals surface area contributed by atoms with E-state index in [0.717, 1.165) is 54.7 Å². The van der Waals surface area contributed by atoms with E-state index in [2.05, 4.69) is 20.9 Å². The maximum atomic E-state index is 6.04. The Labute approximate surface area is 183 Å². The molecule has 164 valence electrons. The van der Waals surface area contributed by atoms with Crippen molar-refractivity contribution in [2.75, 3.05) is 45.3 Å². The second kappa shape index (κ2) is 9.89. The van der Waals surface area contributed by atoms with Gasteiger partial charge in [0.2, 0.25) is 5.95 Å². The molecule has 0 bridgehead atoms. The number of ether oxygens (including phenoxy) is 2. The highest BCUT2D eigenvalue weighted by Crippen LogP contribution is 2.23. The van der Waals surface area contributed by atoms with Crippen LogP contribution in [0.25, 0.3) is 0 Å². The molecule has 0 amide bonds. The summed E-state index contributed by atoms with van der Waals surface area (Å²) in [5.41, 5.74) is 3.21. The van der Waals surface area contributed by atoms with Crippen LogP contribution in [0.1, 0.15) is 23.1 Å². The van der Waals surface area contributed by atoms with Crippen molar-refractivity contribution in [3.8, 4) is 5.75 Å². The number of aryl methyl sites for hydroxylation is 1. The summed E-state index contributed by atoms with van der Waals surface area (Å²) in [6.45, 7) is 3.79. The quantitative estimate of drug-likeness (QED) is 0.552. The third-order valence-electron chi connectivity index (χ3n) is 5.34. The fraction of sp³-hybridized carbons (Fsp3) is 0.435. The van der Waals surface area contributed by atoms with Crippen LogP contribution in [0.3, 0.4) is 0 Å². The Morgan fingerprint density at radius 1 is 1.16 bits per heavy atom. The van der Waals surface area contributed by atoms with Gasteiger partial charge in [-0.25, -0.2) is 9.97 Å². The number of aromatic nitrogens is 4. The molecule has 1 atom stereocenters. The molecule has 1 saturated heterocycles. The van der Waals surface area contributed by atoms with E-state index < -0.39 is 0 Å². The molecule has 0 radical (unpaired) electrons. The molecule has 31 heavy (non-hydrogen) atoms. The second-order valence-electron chi connectivity index (χ2n) is 7.98. The van der Waals surface area contributed by atoms with E-state index in [9.17, 15) is 0 Å². The summed E-state index contributed by atoms with van der Waals surface area (Å²) < 4.78 is 13.8. The summed E-state index contributed by atoms with van der Waals surface area (Å²) in [6.07, 6.45) is 4.56. The first-order chi connectivity index (χ1) is 15.1. The summed E-state index contributed by atoms with van der Waals surface area (Å²) >= 11 is 0. The zero-order valence-corrected chi connectivity index (χ0v) is 18.4. The van der Waals surface area contributed by atoms with Gasteiger partial charge in [0.15, 0.2) is 0 Å². The van der Waals surface area contributed by atoms with Crippen LogP contribution >= 0.6 is 0 Å². The molecule has 4 rings (SSSR count). The van der Waals surface area contributed by atoms with Gasteiger partial charge in [-0.1, -0.05) is 18.2 Å². The lowest BCUT2D eigenvalue weighted by Crippen LogP contribution is -2.38. The van der Waals surface area contributed by atoms with Crippen molar-refractivity contribution >= 4 is 5.95 Å². The molecule has 3 aromatic rings. The van der Waals surface area contributed by atoms with Gasteiger partial charge in [-0.15, -0.1) is 0 Å². The molecular weight excluding hydrogens is 392 g/mol. The first-order valence-corrected chi connectivity index (χ1v) is 10.6. The van der Waals surface area contributed by atoms with Gasteiger partial charge in [0, 0.05) is 70.8 Å². The number of hydrogen-bond acceptors (Lipinski definition) is 7. The minimum atomic E-state index is -0.0364. The number of morpholine rings is 1. The Bertz CT molecular complexity index is 958. The van der Waals surface area contributed by atoms with E-state index in [1.54, 1.807) is 0 Å². The largest absolute Gasteiger partial charge is 0.493 e. The smallest absolute Gasteiger partial charge is 0.224 e. The molecule has 0 N–H and O–H groups in total. The van der Waals surface area contributed by atoms with E-state index in [1.807, 2.05) is 73.5 Å². The molecule has 3 heterocycles. The Balaban J connectivity index is 1.33. The van der Waals surface area contributed by atoms with Crippen LogP contribution in [0.2, 0.25) is 0 Å². The summed E-state index contributed by atoms with van der Waals surface area (Å²) in [5.74, 6) is 1.61. The lowest BCUT2D eigenvalue weighted by atomic mass is 10.1. The van der Waals surface area contributed by atoms with Gasteiger partial charge >= 0.3 is 0 Å². The van der Waals surface area contributed by atoms with Crippen molar-refractivity contribution in [2.24, 2.45) is 7.05 Å². The molecule has 8 nitrogen and oxygen atoms in total.